The van der Waals surface area contributed by atoms with Crippen molar-refractivity contribution in [1.82, 2.24) is 5.32 Å². The van der Waals surface area contributed by atoms with Crippen LogP contribution in [0, 0.1) is 0 Å². The standard InChI is InChI=1S/C7H16N2O2/c1-4-7(2,11-3)5-9-6(8)10/h4-5H2,1-3H3,(H3,8,9,10). The van der Waals surface area contributed by atoms with Crippen LogP contribution >= 0.6 is 0 Å². The fraction of sp³-hybridized carbons (Fsp3) is 0.857. The molecular weight excluding hydrogens is 144 g/mol. The monoisotopic (exact) mass is 160 g/mol. The molecule has 0 aliphatic heterocycles. The van der Waals surface area contributed by atoms with Crippen molar-refractivity contribution in [3.63, 3.8) is 0 Å². The van der Waals surface area contributed by atoms with Gasteiger partial charge in [0.1, 0.15) is 0 Å². The van der Waals surface area contributed by atoms with Gasteiger partial charge in [0, 0.05) is 13.7 Å². The second-order valence-corrected chi connectivity index (χ2v) is 2.73. The lowest BCUT2D eigenvalue weighted by Gasteiger charge is -2.26. The van der Waals surface area contributed by atoms with Crippen molar-refractivity contribution >= 4 is 6.03 Å². The minimum Gasteiger partial charge on any atom is -0.377 e. The number of amides is 2. The summed E-state index contributed by atoms with van der Waals surface area (Å²) in [5.74, 6) is 0. The molecule has 0 aromatic carbocycles. The van der Waals surface area contributed by atoms with Crippen molar-refractivity contribution in [3.05, 3.63) is 0 Å². The molecule has 0 aromatic heterocycles. The van der Waals surface area contributed by atoms with Crippen LogP contribution in [0.2, 0.25) is 0 Å². The number of hydrogen-bond donors (Lipinski definition) is 2. The molecule has 3 N–H and O–H groups in total. The third-order valence-electron chi connectivity index (χ3n) is 1.88. The third kappa shape index (κ3) is 3.83. The van der Waals surface area contributed by atoms with E-state index in [4.69, 9.17) is 10.5 Å². The van der Waals surface area contributed by atoms with Crippen molar-refractivity contribution in [2.24, 2.45) is 5.73 Å². The molecule has 0 fully saturated rings. The highest BCUT2D eigenvalue weighted by Gasteiger charge is 2.20. The Labute approximate surface area is 67.1 Å². The lowest BCUT2D eigenvalue weighted by molar-refractivity contribution is 0.00603. The lowest BCUT2D eigenvalue weighted by Crippen LogP contribution is -2.43. The van der Waals surface area contributed by atoms with E-state index >= 15 is 0 Å². The summed E-state index contributed by atoms with van der Waals surface area (Å²) in [6.07, 6.45) is 0.837. The first-order chi connectivity index (χ1) is 5.04. The number of rotatable bonds is 4. The van der Waals surface area contributed by atoms with E-state index in [0.29, 0.717) is 6.54 Å². The van der Waals surface area contributed by atoms with Crippen molar-refractivity contribution in [3.8, 4) is 0 Å². The molecule has 0 heterocycles. The Morgan fingerprint density at radius 3 is 2.55 bits per heavy atom. The Bertz CT molecular complexity index is 132. The van der Waals surface area contributed by atoms with Gasteiger partial charge in [-0.15, -0.1) is 0 Å². The largest absolute Gasteiger partial charge is 0.377 e. The van der Waals surface area contributed by atoms with Gasteiger partial charge in [0.25, 0.3) is 0 Å². The summed E-state index contributed by atoms with van der Waals surface area (Å²) in [6.45, 7) is 4.37. The number of nitrogens with one attached hydrogen (secondary N) is 1. The Balaban J connectivity index is 3.78. The molecule has 0 radical (unpaired) electrons. The molecule has 0 saturated heterocycles. The predicted molar refractivity (Wildman–Crippen MR) is 43.3 cm³/mol. The minimum absolute atomic E-state index is 0.297. The second kappa shape index (κ2) is 4.18. The van der Waals surface area contributed by atoms with Crippen LogP contribution in [0.15, 0.2) is 0 Å². The molecule has 0 spiro atoms. The first-order valence-electron chi connectivity index (χ1n) is 3.62. The van der Waals surface area contributed by atoms with E-state index in [1.165, 1.54) is 0 Å². The molecule has 0 aromatic rings. The molecule has 2 amide bonds. The molecule has 4 heteroatoms. The summed E-state index contributed by atoms with van der Waals surface area (Å²) in [4.78, 5) is 10.3. The maximum atomic E-state index is 10.3. The molecule has 1 atom stereocenters. The zero-order chi connectivity index (χ0) is 8.91. The van der Waals surface area contributed by atoms with Crippen LogP contribution in [0.5, 0.6) is 0 Å². The smallest absolute Gasteiger partial charge is 0.312 e. The van der Waals surface area contributed by atoms with Crippen molar-refractivity contribution in [2.75, 3.05) is 13.7 Å². The molecule has 0 aliphatic rings. The normalized spacial score (nSPS) is 15.5. The summed E-state index contributed by atoms with van der Waals surface area (Å²) < 4.78 is 5.17. The molecule has 0 aliphatic carbocycles. The Morgan fingerprint density at radius 2 is 2.27 bits per heavy atom. The first kappa shape index (κ1) is 10.2. The highest BCUT2D eigenvalue weighted by Crippen LogP contribution is 2.11. The average molecular weight is 160 g/mol. The van der Waals surface area contributed by atoms with Gasteiger partial charge in [-0.2, -0.15) is 0 Å². The molecule has 66 valence electrons. The number of primary amides is 1. The fourth-order valence-electron chi connectivity index (χ4n) is 0.616. The molecule has 11 heavy (non-hydrogen) atoms. The topological polar surface area (TPSA) is 64.3 Å². The highest BCUT2D eigenvalue weighted by atomic mass is 16.5. The zero-order valence-corrected chi connectivity index (χ0v) is 7.31. The third-order valence-corrected chi connectivity index (χ3v) is 1.88. The molecule has 0 rings (SSSR count). The lowest BCUT2D eigenvalue weighted by atomic mass is 10.0. The quantitative estimate of drug-likeness (QED) is 0.628. The molecular formula is C7H16N2O2. The van der Waals surface area contributed by atoms with Crippen LogP contribution in [0.25, 0.3) is 0 Å². The number of ether oxygens (including phenoxy) is 1. The maximum absolute atomic E-state index is 10.3. The number of hydrogen-bond acceptors (Lipinski definition) is 2. The summed E-state index contributed by atoms with van der Waals surface area (Å²) in [5.41, 5.74) is 4.61. The van der Waals surface area contributed by atoms with Gasteiger partial charge in [0.15, 0.2) is 0 Å². The van der Waals surface area contributed by atoms with Crippen molar-refractivity contribution in [2.45, 2.75) is 25.9 Å². The maximum Gasteiger partial charge on any atom is 0.312 e. The number of nitrogens with two attached hydrogens (primary N) is 1. The number of methoxy groups -OCH3 is 1. The zero-order valence-electron chi connectivity index (χ0n) is 7.31. The Morgan fingerprint density at radius 1 is 1.73 bits per heavy atom. The summed E-state index contributed by atoms with van der Waals surface area (Å²) in [5, 5.41) is 2.50. The Kier molecular flexibility index (Phi) is 3.89. The highest BCUT2D eigenvalue weighted by molar-refractivity contribution is 5.71. The van der Waals surface area contributed by atoms with Crippen LogP contribution in [0.1, 0.15) is 20.3 Å². The SMILES string of the molecule is CCC(C)(CNC(N)=O)OC. The van der Waals surface area contributed by atoms with Crippen LogP contribution < -0.4 is 11.1 Å². The van der Waals surface area contributed by atoms with Gasteiger partial charge < -0.3 is 15.8 Å². The van der Waals surface area contributed by atoms with Crippen LogP contribution in [0.4, 0.5) is 4.79 Å². The van der Waals surface area contributed by atoms with E-state index in [2.05, 4.69) is 5.32 Å². The van der Waals surface area contributed by atoms with E-state index in [9.17, 15) is 4.79 Å². The molecule has 0 bridgehead atoms. The number of carbonyl (C=O) groups is 1. The van der Waals surface area contributed by atoms with E-state index in [-0.39, 0.29) is 5.60 Å². The average Bonchev–Trinajstić information content (AvgIpc) is 2.00. The van der Waals surface area contributed by atoms with Gasteiger partial charge in [-0.3, -0.25) is 0 Å². The van der Waals surface area contributed by atoms with Crippen LogP contribution in [-0.4, -0.2) is 25.3 Å². The summed E-state index contributed by atoms with van der Waals surface area (Å²) in [7, 11) is 1.62. The van der Waals surface area contributed by atoms with Crippen molar-refractivity contribution < 1.29 is 9.53 Å². The van der Waals surface area contributed by atoms with E-state index in [1.807, 2.05) is 13.8 Å². The van der Waals surface area contributed by atoms with E-state index < -0.39 is 6.03 Å². The summed E-state index contributed by atoms with van der Waals surface area (Å²) in [6, 6.07) is -0.512. The molecule has 0 saturated carbocycles. The summed E-state index contributed by atoms with van der Waals surface area (Å²) >= 11 is 0. The van der Waals surface area contributed by atoms with Gasteiger partial charge in [0.2, 0.25) is 0 Å². The fourth-order valence-corrected chi connectivity index (χ4v) is 0.616. The van der Waals surface area contributed by atoms with Crippen LogP contribution in [0.3, 0.4) is 0 Å². The van der Waals surface area contributed by atoms with Gasteiger partial charge >= 0.3 is 6.03 Å². The second-order valence-electron chi connectivity index (χ2n) is 2.73. The number of urea groups is 1. The van der Waals surface area contributed by atoms with Crippen LogP contribution in [-0.2, 0) is 4.74 Å². The Hall–Kier alpha value is -0.770. The number of carbonyl (C=O) groups excluding carboxylic acids is 1. The van der Waals surface area contributed by atoms with Gasteiger partial charge in [-0.05, 0) is 13.3 Å². The van der Waals surface area contributed by atoms with E-state index in [1.54, 1.807) is 7.11 Å². The van der Waals surface area contributed by atoms with Gasteiger partial charge in [0.05, 0.1) is 5.60 Å². The van der Waals surface area contributed by atoms with E-state index in [0.717, 1.165) is 6.42 Å². The first-order valence-corrected chi connectivity index (χ1v) is 3.62. The molecule has 4 nitrogen and oxygen atoms in total. The molecule has 1 unspecified atom stereocenters. The van der Waals surface area contributed by atoms with Crippen molar-refractivity contribution in [1.29, 1.82) is 0 Å². The van der Waals surface area contributed by atoms with Gasteiger partial charge in [-0.25, -0.2) is 4.79 Å². The predicted octanol–water partition coefficient (Wildman–Crippen LogP) is 0.470. The minimum atomic E-state index is -0.512. The van der Waals surface area contributed by atoms with Gasteiger partial charge in [-0.1, -0.05) is 6.92 Å².